The normalized spacial score (nSPS) is 16.1. The van der Waals surface area contributed by atoms with Crippen molar-refractivity contribution < 1.29 is 19.1 Å². The molecular formula is C17H19NO4S. The van der Waals surface area contributed by atoms with Crippen LogP contribution in [0.1, 0.15) is 19.4 Å². The van der Waals surface area contributed by atoms with Crippen LogP contribution >= 0.6 is 11.8 Å². The Morgan fingerprint density at radius 1 is 1.22 bits per heavy atom. The number of imide groups is 1. The van der Waals surface area contributed by atoms with E-state index in [0.717, 1.165) is 17.3 Å². The van der Waals surface area contributed by atoms with E-state index in [2.05, 4.69) is 6.58 Å². The molecule has 2 rings (SSSR count). The van der Waals surface area contributed by atoms with Crippen molar-refractivity contribution in [1.82, 2.24) is 4.90 Å². The van der Waals surface area contributed by atoms with E-state index in [4.69, 9.17) is 9.47 Å². The van der Waals surface area contributed by atoms with Gasteiger partial charge in [0.2, 0.25) is 0 Å². The van der Waals surface area contributed by atoms with E-state index in [9.17, 15) is 9.59 Å². The molecule has 1 aliphatic heterocycles. The van der Waals surface area contributed by atoms with Crippen LogP contribution in [0.5, 0.6) is 11.5 Å². The van der Waals surface area contributed by atoms with Crippen molar-refractivity contribution in [3.63, 3.8) is 0 Å². The maximum atomic E-state index is 12.1. The Kier molecular flexibility index (Phi) is 5.87. The van der Waals surface area contributed by atoms with Gasteiger partial charge in [0.05, 0.1) is 11.5 Å². The van der Waals surface area contributed by atoms with Gasteiger partial charge in [-0.15, -0.1) is 0 Å². The van der Waals surface area contributed by atoms with Crippen molar-refractivity contribution in [2.45, 2.75) is 13.8 Å². The Labute approximate surface area is 139 Å². The highest BCUT2D eigenvalue weighted by Gasteiger charge is 2.33. The van der Waals surface area contributed by atoms with Gasteiger partial charge in [0, 0.05) is 6.54 Å². The molecule has 2 amide bonds. The molecule has 0 unspecified atom stereocenters. The van der Waals surface area contributed by atoms with Crippen LogP contribution < -0.4 is 9.47 Å². The minimum absolute atomic E-state index is 0.236. The highest BCUT2D eigenvalue weighted by molar-refractivity contribution is 8.18. The Hall–Kier alpha value is -2.21. The van der Waals surface area contributed by atoms with E-state index < -0.39 is 0 Å². The first kappa shape index (κ1) is 17.1. The smallest absolute Gasteiger partial charge is 0.293 e. The summed E-state index contributed by atoms with van der Waals surface area (Å²) >= 11 is 0.952. The summed E-state index contributed by atoms with van der Waals surface area (Å²) < 4.78 is 11.1. The van der Waals surface area contributed by atoms with Crippen molar-refractivity contribution in [1.29, 1.82) is 0 Å². The molecule has 1 aromatic rings. The van der Waals surface area contributed by atoms with Crippen molar-refractivity contribution in [3.05, 3.63) is 41.3 Å². The average Bonchev–Trinajstić information content (AvgIpc) is 2.80. The number of hydrogen-bond acceptors (Lipinski definition) is 5. The lowest BCUT2D eigenvalue weighted by Crippen LogP contribution is -2.27. The number of hydrogen-bond donors (Lipinski definition) is 0. The molecule has 1 heterocycles. The summed E-state index contributed by atoms with van der Waals surface area (Å²) in [6, 6.07) is 5.40. The van der Waals surface area contributed by atoms with E-state index >= 15 is 0 Å². The van der Waals surface area contributed by atoms with Gasteiger partial charge >= 0.3 is 0 Å². The molecule has 1 aromatic carbocycles. The number of amides is 2. The van der Waals surface area contributed by atoms with Crippen LogP contribution in [0.3, 0.4) is 0 Å². The average molecular weight is 333 g/mol. The van der Waals surface area contributed by atoms with E-state index in [1.54, 1.807) is 31.2 Å². The minimum Gasteiger partial charge on any atom is -0.490 e. The summed E-state index contributed by atoms with van der Waals surface area (Å²) in [4.78, 5) is 25.5. The second-order valence-electron chi connectivity index (χ2n) is 4.66. The first-order valence-electron chi connectivity index (χ1n) is 7.36. The van der Waals surface area contributed by atoms with Crippen LogP contribution in [0.15, 0.2) is 35.8 Å². The molecule has 5 nitrogen and oxygen atoms in total. The molecule has 0 aromatic heterocycles. The quantitative estimate of drug-likeness (QED) is 0.562. The Morgan fingerprint density at radius 3 is 2.61 bits per heavy atom. The lowest BCUT2D eigenvalue weighted by atomic mass is 10.2. The van der Waals surface area contributed by atoms with Crippen LogP contribution in [0.4, 0.5) is 4.79 Å². The van der Waals surface area contributed by atoms with Crippen LogP contribution in [0, 0.1) is 0 Å². The van der Waals surface area contributed by atoms with E-state index in [1.807, 2.05) is 13.0 Å². The fraction of sp³-hybridized carbons (Fsp3) is 0.294. The molecule has 1 fully saturated rings. The van der Waals surface area contributed by atoms with Gasteiger partial charge in [0.1, 0.15) is 6.61 Å². The molecule has 6 heteroatoms. The molecule has 0 aliphatic carbocycles. The summed E-state index contributed by atoms with van der Waals surface area (Å²) in [5.74, 6) is 0.954. The Balaban J connectivity index is 2.28. The summed E-state index contributed by atoms with van der Waals surface area (Å²) in [6.45, 7) is 8.54. The lowest BCUT2D eigenvalue weighted by Gasteiger charge is -2.11. The summed E-state index contributed by atoms with van der Waals surface area (Å²) in [5, 5.41) is -0.236. The molecular weight excluding hydrogens is 314 g/mol. The molecule has 0 atom stereocenters. The summed E-state index contributed by atoms with van der Waals surface area (Å²) in [7, 11) is 0. The van der Waals surface area contributed by atoms with Crippen LogP contribution in [0.2, 0.25) is 0 Å². The van der Waals surface area contributed by atoms with Gasteiger partial charge in [0.25, 0.3) is 11.1 Å². The fourth-order valence-corrected chi connectivity index (χ4v) is 2.98. The van der Waals surface area contributed by atoms with Gasteiger partial charge in [0.15, 0.2) is 11.5 Å². The van der Waals surface area contributed by atoms with Gasteiger partial charge in [-0.2, -0.15) is 0 Å². The second-order valence-corrected chi connectivity index (χ2v) is 5.66. The third kappa shape index (κ3) is 3.96. The van der Waals surface area contributed by atoms with Gasteiger partial charge in [-0.1, -0.05) is 18.7 Å². The number of carbonyl (C=O) groups excluding carboxylic acids is 2. The molecule has 0 saturated carbocycles. The number of thioether (sulfide) groups is 1. The molecule has 0 N–H and O–H groups in total. The van der Waals surface area contributed by atoms with Gasteiger partial charge in [-0.05, 0) is 49.4 Å². The zero-order valence-corrected chi connectivity index (χ0v) is 14.0. The number of likely N-dealkylation sites (N-methyl/N-ethyl adjacent to an activating group) is 1. The standard InChI is InChI=1S/C17H19NO4S/c1-4-9-22-13-8-7-12(10-14(13)21-6-3)11-15-16(19)18(5-2)17(20)23-15/h4,7-8,10-11H,1,5-6,9H2,2-3H3/b15-11-. The highest BCUT2D eigenvalue weighted by atomic mass is 32.2. The van der Waals surface area contributed by atoms with Gasteiger partial charge in [-0.3, -0.25) is 14.5 Å². The molecule has 1 saturated heterocycles. The number of benzene rings is 1. The third-order valence-corrected chi connectivity index (χ3v) is 4.02. The number of ether oxygens (including phenoxy) is 2. The zero-order chi connectivity index (χ0) is 16.8. The SMILES string of the molecule is C=CCOc1ccc(/C=C2\SC(=O)N(CC)C2=O)cc1OCC. The first-order valence-corrected chi connectivity index (χ1v) is 8.18. The third-order valence-electron chi connectivity index (χ3n) is 3.11. The topological polar surface area (TPSA) is 55.8 Å². The van der Waals surface area contributed by atoms with Crippen molar-refractivity contribution in [2.24, 2.45) is 0 Å². The molecule has 1 aliphatic rings. The highest BCUT2D eigenvalue weighted by Crippen LogP contribution is 2.34. The van der Waals surface area contributed by atoms with Crippen molar-refractivity contribution in [2.75, 3.05) is 19.8 Å². The number of nitrogens with zero attached hydrogens (tertiary/aromatic N) is 1. The number of carbonyl (C=O) groups is 2. The Bertz CT molecular complexity index is 654. The van der Waals surface area contributed by atoms with Gasteiger partial charge < -0.3 is 9.47 Å². The second kappa shape index (κ2) is 7.87. The van der Waals surface area contributed by atoms with E-state index in [1.165, 1.54) is 4.90 Å². The minimum atomic E-state index is -0.257. The number of rotatable bonds is 7. The molecule has 0 spiro atoms. The van der Waals surface area contributed by atoms with E-state index in [-0.39, 0.29) is 11.1 Å². The van der Waals surface area contributed by atoms with E-state index in [0.29, 0.717) is 36.2 Å². The van der Waals surface area contributed by atoms with Crippen LogP contribution in [-0.2, 0) is 4.79 Å². The molecule has 0 radical (unpaired) electrons. The summed E-state index contributed by atoms with van der Waals surface area (Å²) in [5.41, 5.74) is 0.779. The summed E-state index contributed by atoms with van der Waals surface area (Å²) in [6.07, 6.45) is 3.35. The zero-order valence-electron chi connectivity index (χ0n) is 13.2. The molecule has 122 valence electrons. The Morgan fingerprint density at radius 2 is 2.00 bits per heavy atom. The molecule has 0 bridgehead atoms. The maximum absolute atomic E-state index is 12.1. The van der Waals surface area contributed by atoms with Gasteiger partial charge in [-0.25, -0.2) is 0 Å². The predicted octanol–water partition coefficient (Wildman–Crippen LogP) is 3.71. The maximum Gasteiger partial charge on any atom is 0.293 e. The monoisotopic (exact) mass is 333 g/mol. The van der Waals surface area contributed by atoms with Crippen LogP contribution in [0.25, 0.3) is 6.08 Å². The fourth-order valence-electron chi connectivity index (χ4n) is 2.07. The lowest BCUT2D eigenvalue weighted by molar-refractivity contribution is -0.122. The first-order chi connectivity index (χ1) is 11.1. The largest absolute Gasteiger partial charge is 0.490 e. The molecule has 23 heavy (non-hydrogen) atoms. The van der Waals surface area contributed by atoms with Crippen LogP contribution in [-0.4, -0.2) is 35.8 Å². The van der Waals surface area contributed by atoms with Crippen molar-refractivity contribution >= 4 is 29.0 Å². The van der Waals surface area contributed by atoms with Crippen molar-refractivity contribution in [3.8, 4) is 11.5 Å². The predicted molar refractivity (Wildman–Crippen MR) is 91.7 cm³/mol.